The summed E-state index contributed by atoms with van der Waals surface area (Å²) in [4.78, 5) is 11.3. The number of hydrogen-bond donors (Lipinski definition) is 2. The van der Waals surface area contributed by atoms with Crippen molar-refractivity contribution in [1.82, 2.24) is 5.32 Å². The van der Waals surface area contributed by atoms with Gasteiger partial charge in [-0.15, -0.1) is 0 Å². The van der Waals surface area contributed by atoms with Gasteiger partial charge in [0.2, 0.25) is 5.91 Å². The van der Waals surface area contributed by atoms with Crippen molar-refractivity contribution < 1.29 is 18.3 Å². The predicted octanol–water partition coefficient (Wildman–Crippen LogP) is 1.05. The van der Waals surface area contributed by atoms with E-state index in [0.717, 1.165) is 25.9 Å². The first-order valence-corrected chi connectivity index (χ1v) is 6.00. The molecule has 0 aromatic rings. The average Bonchev–Trinajstić information content (AvgIpc) is 2.35. The number of nitrogens with one attached hydrogen (secondary N) is 1. The molecule has 1 heterocycles. The molecule has 1 fully saturated rings. The standard InChI is InChI=1S/C11H20F2N2O2/c12-11(13,7-14)8-15-10(16)5-4-9-3-1-2-6-17-9/h9H,1-8,14H2,(H,15,16). The number of ether oxygens (including phenoxy) is 1. The van der Waals surface area contributed by atoms with Gasteiger partial charge in [0.1, 0.15) is 0 Å². The summed E-state index contributed by atoms with van der Waals surface area (Å²) in [7, 11) is 0. The van der Waals surface area contributed by atoms with Crippen LogP contribution in [0.4, 0.5) is 8.78 Å². The maximum absolute atomic E-state index is 12.7. The summed E-state index contributed by atoms with van der Waals surface area (Å²) in [5.74, 6) is -3.39. The van der Waals surface area contributed by atoms with Crippen LogP contribution in [0.25, 0.3) is 0 Å². The van der Waals surface area contributed by atoms with Crippen LogP contribution in [0.2, 0.25) is 0 Å². The van der Waals surface area contributed by atoms with Gasteiger partial charge in [-0.1, -0.05) is 0 Å². The first-order valence-electron chi connectivity index (χ1n) is 6.00. The van der Waals surface area contributed by atoms with E-state index in [9.17, 15) is 13.6 Å². The molecule has 1 aliphatic heterocycles. The number of alkyl halides is 2. The molecule has 0 radical (unpaired) electrons. The molecule has 1 atom stereocenters. The maximum atomic E-state index is 12.7. The summed E-state index contributed by atoms with van der Waals surface area (Å²) < 4.78 is 30.9. The van der Waals surface area contributed by atoms with Gasteiger partial charge in [0.15, 0.2) is 0 Å². The molecular formula is C11H20F2N2O2. The number of carbonyl (C=O) groups is 1. The molecule has 6 heteroatoms. The highest BCUT2D eigenvalue weighted by molar-refractivity contribution is 5.75. The summed E-state index contributed by atoms with van der Waals surface area (Å²) in [6.45, 7) is -0.704. The molecule has 0 aliphatic carbocycles. The highest BCUT2D eigenvalue weighted by atomic mass is 19.3. The van der Waals surface area contributed by atoms with E-state index in [2.05, 4.69) is 5.32 Å². The Morgan fingerprint density at radius 2 is 2.24 bits per heavy atom. The van der Waals surface area contributed by atoms with Gasteiger partial charge in [0.05, 0.1) is 19.2 Å². The number of hydrogen-bond acceptors (Lipinski definition) is 3. The summed E-state index contributed by atoms with van der Waals surface area (Å²) in [5.41, 5.74) is 4.86. The Morgan fingerprint density at radius 3 is 2.82 bits per heavy atom. The van der Waals surface area contributed by atoms with Crippen molar-refractivity contribution in [3.05, 3.63) is 0 Å². The summed E-state index contributed by atoms with van der Waals surface area (Å²) >= 11 is 0. The van der Waals surface area contributed by atoms with Gasteiger partial charge < -0.3 is 15.8 Å². The molecule has 0 bridgehead atoms. The molecule has 0 spiro atoms. The second-order valence-electron chi connectivity index (χ2n) is 4.36. The molecule has 1 saturated heterocycles. The van der Waals surface area contributed by atoms with E-state index in [0.29, 0.717) is 6.42 Å². The largest absolute Gasteiger partial charge is 0.378 e. The zero-order chi connectivity index (χ0) is 12.7. The van der Waals surface area contributed by atoms with Gasteiger partial charge in [-0.2, -0.15) is 0 Å². The molecule has 0 aromatic carbocycles. The van der Waals surface area contributed by atoms with Crippen molar-refractivity contribution in [2.45, 2.75) is 44.1 Å². The third-order valence-corrected chi connectivity index (χ3v) is 2.81. The van der Waals surface area contributed by atoms with Gasteiger partial charge in [-0.3, -0.25) is 4.79 Å². The minimum atomic E-state index is -3.02. The molecule has 1 amide bonds. The number of amides is 1. The molecule has 1 aliphatic rings. The second kappa shape index (κ2) is 6.86. The Morgan fingerprint density at radius 1 is 1.47 bits per heavy atom. The Kier molecular flexibility index (Phi) is 5.77. The molecule has 17 heavy (non-hydrogen) atoms. The van der Waals surface area contributed by atoms with Crippen molar-refractivity contribution in [1.29, 1.82) is 0 Å². The van der Waals surface area contributed by atoms with E-state index in [4.69, 9.17) is 10.5 Å². The van der Waals surface area contributed by atoms with Crippen molar-refractivity contribution in [3.8, 4) is 0 Å². The van der Waals surface area contributed by atoms with E-state index in [1.165, 1.54) is 0 Å². The van der Waals surface area contributed by atoms with Crippen LogP contribution in [0, 0.1) is 0 Å². The van der Waals surface area contributed by atoms with E-state index in [1.54, 1.807) is 0 Å². The quantitative estimate of drug-likeness (QED) is 0.740. The van der Waals surface area contributed by atoms with Crippen molar-refractivity contribution in [3.63, 3.8) is 0 Å². The molecule has 3 N–H and O–H groups in total. The van der Waals surface area contributed by atoms with Gasteiger partial charge in [-0.05, 0) is 25.7 Å². The lowest BCUT2D eigenvalue weighted by atomic mass is 10.0. The smallest absolute Gasteiger partial charge is 0.277 e. The highest BCUT2D eigenvalue weighted by Gasteiger charge is 2.27. The van der Waals surface area contributed by atoms with Gasteiger partial charge >= 0.3 is 0 Å². The van der Waals surface area contributed by atoms with Gasteiger partial charge in [0.25, 0.3) is 5.92 Å². The van der Waals surface area contributed by atoms with Crippen molar-refractivity contribution in [2.75, 3.05) is 19.7 Å². The van der Waals surface area contributed by atoms with Gasteiger partial charge in [-0.25, -0.2) is 8.78 Å². The van der Waals surface area contributed by atoms with Crippen LogP contribution < -0.4 is 11.1 Å². The summed E-state index contributed by atoms with van der Waals surface area (Å²) in [5, 5.41) is 2.19. The number of halogens is 2. The molecule has 0 aromatic heterocycles. The minimum absolute atomic E-state index is 0.101. The predicted molar refractivity (Wildman–Crippen MR) is 59.8 cm³/mol. The van der Waals surface area contributed by atoms with E-state index >= 15 is 0 Å². The van der Waals surface area contributed by atoms with Crippen LogP contribution in [0.15, 0.2) is 0 Å². The third kappa shape index (κ3) is 5.93. The van der Waals surface area contributed by atoms with Crippen LogP contribution >= 0.6 is 0 Å². The first kappa shape index (κ1) is 14.3. The second-order valence-corrected chi connectivity index (χ2v) is 4.36. The van der Waals surface area contributed by atoms with Crippen molar-refractivity contribution >= 4 is 5.91 Å². The fourth-order valence-corrected chi connectivity index (χ4v) is 1.72. The molecule has 1 rings (SSSR count). The number of rotatable bonds is 6. The van der Waals surface area contributed by atoms with E-state index in [1.807, 2.05) is 0 Å². The molecule has 1 unspecified atom stereocenters. The van der Waals surface area contributed by atoms with Crippen LogP contribution in [0.3, 0.4) is 0 Å². The zero-order valence-corrected chi connectivity index (χ0v) is 9.88. The molecule has 4 nitrogen and oxygen atoms in total. The Hall–Kier alpha value is -0.750. The normalized spacial score (nSPS) is 21.2. The SMILES string of the molecule is NCC(F)(F)CNC(=O)CCC1CCCCO1. The lowest BCUT2D eigenvalue weighted by molar-refractivity contribution is -0.123. The van der Waals surface area contributed by atoms with Crippen LogP contribution in [0.5, 0.6) is 0 Å². The fourth-order valence-electron chi connectivity index (χ4n) is 1.72. The first-order chi connectivity index (χ1) is 8.03. The summed E-state index contributed by atoms with van der Waals surface area (Å²) in [6, 6.07) is 0. The summed E-state index contributed by atoms with van der Waals surface area (Å²) in [6.07, 6.45) is 4.05. The zero-order valence-electron chi connectivity index (χ0n) is 9.88. The Balaban J connectivity index is 2.12. The molecular weight excluding hydrogens is 230 g/mol. The lowest BCUT2D eigenvalue weighted by Crippen LogP contribution is -2.41. The Labute approximate surface area is 99.9 Å². The van der Waals surface area contributed by atoms with E-state index < -0.39 is 19.0 Å². The topological polar surface area (TPSA) is 64.3 Å². The number of carbonyl (C=O) groups excluding carboxylic acids is 1. The minimum Gasteiger partial charge on any atom is -0.378 e. The lowest BCUT2D eigenvalue weighted by Gasteiger charge is -2.22. The van der Waals surface area contributed by atoms with E-state index in [-0.39, 0.29) is 18.4 Å². The number of nitrogens with two attached hydrogens (primary N) is 1. The Bertz CT molecular complexity index is 244. The third-order valence-electron chi connectivity index (χ3n) is 2.81. The average molecular weight is 250 g/mol. The monoisotopic (exact) mass is 250 g/mol. The fraction of sp³-hybridized carbons (Fsp3) is 0.909. The van der Waals surface area contributed by atoms with Crippen LogP contribution in [-0.4, -0.2) is 37.6 Å². The van der Waals surface area contributed by atoms with Crippen LogP contribution in [-0.2, 0) is 9.53 Å². The molecule has 100 valence electrons. The molecule has 0 saturated carbocycles. The van der Waals surface area contributed by atoms with Crippen molar-refractivity contribution in [2.24, 2.45) is 5.73 Å². The van der Waals surface area contributed by atoms with Crippen LogP contribution in [0.1, 0.15) is 32.1 Å². The maximum Gasteiger partial charge on any atom is 0.277 e. The van der Waals surface area contributed by atoms with Gasteiger partial charge in [0, 0.05) is 13.0 Å². The highest BCUT2D eigenvalue weighted by Crippen LogP contribution is 2.17.